The Labute approximate surface area is 64.6 Å². The van der Waals surface area contributed by atoms with Gasteiger partial charge in [0.15, 0.2) is 0 Å². The number of allylic oxidation sites excluding steroid dienone is 3. The summed E-state index contributed by atoms with van der Waals surface area (Å²) in [5.41, 5.74) is 2.92. The van der Waals surface area contributed by atoms with Crippen LogP contribution in [0.4, 0.5) is 0 Å². The van der Waals surface area contributed by atoms with Crippen LogP contribution in [0, 0.1) is 0 Å². The standard InChI is InChI=1S/C10H18/c1-5-8-9(4)10(6-2)7-3/h6H,2,5,7-8H2,1,3-4H3. The van der Waals surface area contributed by atoms with Crippen LogP contribution in [-0.2, 0) is 0 Å². The number of hydrogen-bond donors (Lipinski definition) is 0. The van der Waals surface area contributed by atoms with Crippen LogP contribution in [0.5, 0.6) is 0 Å². The molecule has 0 N–H and O–H groups in total. The molecule has 0 rings (SSSR count). The average molecular weight is 138 g/mol. The van der Waals surface area contributed by atoms with E-state index in [-0.39, 0.29) is 0 Å². The maximum atomic E-state index is 3.78. The van der Waals surface area contributed by atoms with Gasteiger partial charge < -0.3 is 0 Å². The maximum absolute atomic E-state index is 3.78. The molecule has 0 aromatic rings. The van der Waals surface area contributed by atoms with E-state index in [0.29, 0.717) is 0 Å². The van der Waals surface area contributed by atoms with Gasteiger partial charge >= 0.3 is 0 Å². The van der Waals surface area contributed by atoms with Gasteiger partial charge in [0, 0.05) is 0 Å². The second-order valence-electron chi connectivity index (χ2n) is 2.61. The van der Waals surface area contributed by atoms with Crippen molar-refractivity contribution in [2.24, 2.45) is 0 Å². The summed E-state index contributed by atoms with van der Waals surface area (Å²) in [6.07, 6.45) is 5.55. The number of rotatable bonds is 4. The largest absolute Gasteiger partial charge is 0.0988 e. The maximum Gasteiger partial charge on any atom is -0.0308 e. The SMILES string of the molecule is C=CC(CC)=C(C)CCC. The fraction of sp³-hybridized carbons (Fsp3) is 0.600. The monoisotopic (exact) mass is 138 g/mol. The molecule has 0 saturated carbocycles. The van der Waals surface area contributed by atoms with Crippen LogP contribution in [0.25, 0.3) is 0 Å². The summed E-state index contributed by atoms with van der Waals surface area (Å²) >= 11 is 0. The molecule has 0 atom stereocenters. The molecule has 0 unspecified atom stereocenters. The lowest BCUT2D eigenvalue weighted by Gasteiger charge is -2.03. The quantitative estimate of drug-likeness (QED) is 0.520. The second kappa shape index (κ2) is 5.28. The predicted octanol–water partition coefficient (Wildman–Crippen LogP) is 3.70. The molecular weight excluding hydrogens is 120 g/mol. The van der Waals surface area contributed by atoms with E-state index in [9.17, 15) is 0 Å². The molecule has 58 valence electrons. The summed E-state index contributed by atoms with van der Waals surface area (Å²) in [5.74, 6) is 0. The molecule has 0 nitrogen and oxygen atoms in total. The molecule has 0 aliphatic rings. The molecular formula is C10H18. The van der Waals surface area contributed by atoms with Gasteiger partial charge in [0.1, 0.15) is 0 Å². The van der Waals surface area contributed by atoms with Gasteiger partial charge in [-0.15, -0.1) is 0 Å². The van der Waals surface area contributed by atoms with Gasteiger partial charge in [0.05, 0.1) is 0 Å². The smallest absolute Gasteiger partial charge is 0.0308 e. The third-order valence-corrected chi connectivity index (χ3v) is 1.80. The molecule has 0 aromatic heterocycles. The second-order valence-corrected chi connectivity index (χ2v) is 2.61. The Hall–Kier alpha value is -0.520. The molecule has 0 amide bonds. The third kappa shape index (κ3) is 2.86. The first kappa shape index (κ1) is 9.48. The molecule has 0 fully saturated rings. The van der Waals surface area contributed by atoms with E-state index >= 15 is 0 Å². The lowest BCUT2D eigenvalue weighted by atomic mass is 10.0. The van der Waals surface area contributed by atoms with Gasteiger partial charge in [0.25, 0.3) is 0 Å². The van der Waals surface area contributed by atoms with Crippen LogP contribution in [0.15, 0.2) is 23.8 Å². The highest BCUT2D eigenvalue weighted by molar-refractivity contribution is 5.22. The minimum atomic E-state index is 1.12. The van der Waals surface area contributed by atoms with Crippen LogP contribution < -0.4 is 0 Å². The van der Waals surface area contributed by atoms with Gasteiger partial charge in [-0.25, -0.2) is 0 Å². The predicted molar refractivity (Wildman–Crippen MR) is 48.1 cm³/mol. The molecule has 0 heterocycles. The zero-order chi connectivity index (χ0) is 7.98. The van der Waals surface area contributed by atoms with Crippen LogP contribution >= 0.6 is 0 Å². The zero-order valence-electron chi connectivity index (χ0n) is 7.41. The highest BCUT2D eigenvalue weighted by atomic mass is 14.0. The highest BCUT2D eigenvalue weighted by Gasteiger charge is 1.93. The highest BCUT2D eigenvalue weighted by Crippen LogP contribution is 2.13. The Morgan fingerprint density at radius 2 is 2.00 bits per heavy atom. The third-order valence-electron chi connectivity index (χ3n) is 1.80. The van der Waals surface area contributed by atoms with Gasteiger partial charge in [-0.05, 0) is 25.3 Å². The average Bonchev–Trinajstić information content (AvgIpc) is 1.91. The first-order chi connectivity index (χ1) is 4.76. The van der Waals surface area contributed by atoms with Gasteiger partial charge in [-0.2, -0.15) is 0 Å². The van der Waals surface area contributed by atoms with Crippen LogP contribution in [0.2, 0.25) is 0 Å². The van der Waals surface area contributed by atoms with Crippen molar-refractivity contribution in [1.29, 1.82) is 0 Å². The van der Waals surface area contributed by atoms with E-state index in [4.69, 9.17) is 0 Å². The Morgan fingerprint density at radius 3 is 2.30 bits per heavy atom. The Kier molecular flexibility index (Phi) is 5.00. The van der Waals surface area contributed by atoms with Crippen molar-refractivity contribution < 1.29 is 0 Å². The molecule has 0 aliphatic heterocycles. The van der Waals surface area contributed by atoms with E-state index in [0.717, 1.165) is 6.42 Å². The van der Waals surface area contributed by atoms with E-state index in [1.807, 2.05) is 6.08 Å². The molecule has 0 saturated heterocycles. The Morgan fingerprint density at radius 1 is 1.40 bits per heavy atom. The van der Waals surface area contributed by atoms with Crippen LogP contribution in [0.1, 0.15) is 40.0 Å². The van der Waals surface area contributed by atoms with Gasteiger partial charge in [0.2, 0.25) is 0 Å². The molecule has 0 bridgehead atoms. The molecule has 0 heteroatoms. The van der Waals surface area contributed by atoms with Crippen molar-refractivity contribution >= 4 is 0 Å². The molecule has 0 aromatic carbocycles. The summed E-state index contributed by atoms with van der Waals surface area (Å²) < 4.78 is 0. The fourth-order valence-electron chi connectivity index (χ4n) is 1.16. The molecule has 10 heavy (non-hydrogen) atoms. The van der Waals surface area contributed by atoms with Gasteiger partial charge in [-0.1, -0.05) is 38.5 Å². The Bertz CT molecular complexity index is 129. The van der Waals surface area contributed by atoms with Crippen LogP contribution in [-0.4, -0.2) is 0 Å². The van der Waals surface area contributed by atoms with Crippen molar-refractivity contribution in [2.75, 3.05) is 0 Å². The van der Waals surface area contributed by atoms with Crippen molar-refractivity contribution in [2.45, 2.75) is 40.0 Å². The molecule has 0 spiro atoms. The van der Waals surface area contributed by atoms with Crippen molar-refractivity contribution in [3.63, 3.8) is 0 Å². The van der Waals surface area contributed by atoms with Crippen LogP contribution in [0.3, 0.4) is 0 Å². The van der Waals surface area contributed by atoms with Crippen molar-refractivity contribution in [3.8, 4) is 0 Å². The van der Waals surface area contributed by atoms with E-state index in [1.54, 1.807) is 0 Å². The van der Waals surface area contributed by atoms with Crippen molar-refractivity contribution in [3.05, 3.63) is 23.8 Å². The van der Waals surface area contributed by atoms with E-state index in [1.165, 1.54) is 24.0 Å². The normalized spacial score (nSPS) is 12.7. The van der Waals surface area contributed by atoms with E-state index in [2.05, 4.69) is 27.4 Å². The summed E-state index contributed by atoms with van der Waals surface area (Å²) in [6.45, 7) is 10.4. The zero-order valence-corrected chi connectivity index (χ0v) is 7.41. The first-order valence-electron chi connectivity index (χ1n) is 4.07. The number of hydrogen-bond acceptors (Lipinski definition) is 0. The minimum Gasteiger partial charge on any atom is -0.0988 e. The first-order valence-corrected chi connectivity index (χ1v) is 4.07. The lowest BCUT2D eigenvalue weighted by molar-refractivity contribution is 0.884. The topological polar surface area (TPSA) is 0 Å². The lowest BCUT2D eigenvalue weighted by Crippen LogP contribution is -1.82. The molecule has 0 radical (unpaired) electrons. The fourth-order valence-corrected chi connectivity index (χ4v) is 1.16. The van der Waals surface area contributed by atoms with Gasteiger partial charge in [-0.3, -0.25) is 0 Å². The van der Waals surface area contributed by atoms with E-state index < -0.39 is 0 Å². The summed E-state index contributed by atoms with van der Waals surface area (Å²) in [4.78, 5) is 0. The summed E-state index contributed by atoms with van der Waals surface area (Å²) in [5, 5.41) is 0. The minimum absolute atomic E-state index is 1.12. The summed E-state index contributed by atoms with van der Waals surface area (Å²) in [7, 11) is 0. The molecule has 0 aliphatic carbocycles. The summed E-state index contributed by atoms with van der Waals surface area (Å²) in [6, 6.07) is 0. The van der Waals surface area contributed by atoms with Crippen molar-refractivity contribution in [1.82, 2.24) is 0 Å². The Balaban J connectivity index is 4.12.